The van der Waals surface area contributed by atoms with Crippen molar-refractivity contribution in [1.82, 2.24) is 18.7 Å². The highest BCUT2D eigenvalue weighted by Gasteiger charge is 2.20. The fourth-order valence-electron chi connectivity index (χ4n) is 2.96. The van der Waals surface area contributed by atoms with Crippen molar-refractivity contribution >= 4 is 28.7 Å². The van der Waals surface area contributed by atoms with E-state index in [1.165, 1.54) is 29.8 Å². The number of aromatic nitrogens is 4. The predicted molar refractivity (Wildman–Crippen MR) is 107 cm³/mol. The van der Waals surface area contributed by atoms with Crippen LogP contribution in [0.3, 0.4) is 0 Å². The molecule has 3 aromatic rings. The lowest BCUT2D eigenvalue weighted by atomic mass is 10.1. The van der Waals surface area contributed by atoms with E-state index in [-0.39, 0.29) is 22.7 Å². The van der Waals surface area contributed by atoms with Gasteiger partial charge in [0.1, 0.15) is 5.82 Å². The van der Waals surface area contributed by atoms with Gasteiger partial charge in [-0.1, -0.05) is 37.2 Å². The van der Waals surface area contributed by atoms with E-state index >= 15 is 0 Å². The molecule has 0 aliphatic rings. The molecule has 2 aromatic heterocycles. The number of imidazole rings is 1. The minimum Gasteiger partial charge on any atom is -0.313 e. The Bertz CT molecular complexity index is 1160. The van der Waals surface area contributed by atoms with Crippen LogP contribution in [0.15, 0.2) is 39.0 Å². The lowest BCUT2D eigenvalue weighted by Gasteiger charge is -2.08. The summed E-state index contributed by atoms with van der Waals surface area (Å²) >= 11 is 1.14. The number of Topliss-reactive ketones (excluding diaryl/α,β-unsaturated/α-hetero) is 1. The van der Waals surface area contributed by atoms with Crippen molar-refractivity contribution in [2.75, 3.05) is 5.75 Å². The maximum atomic E-state index is 13.8. The standard InChI is InChI=1S/C19H21FN4O3S/c1-4-5-10-24-15-16(22(2)19(27)23(3)17(15)26)21-18(24)28-11-14(25)12-8-6-7-9-13(12)20/h6-9H,4-5,10-11H2,1-3H3. The zero-order valence-electron chi connectivity index (χ0n) is 15.9. The first-order valence-corrected chi connectivity index (χ1v) is 9.92. The molecule has 0 amide bonds. The van der Waals surface area contributed by atoms with Gasteiger partial charge in [-0.3, -0.25) is 18.7 Å². The zero-order chi connectivity index (χ0) is 20.4. The summed E-state index contributed by atoms with van der Waals surface area (Å²) in [4.78, 5) is 41.7. The van der Waals surface area contributed by atoms with Crippen molar-refractivity contribution in [1.29, 1.82) is 0 Å². The Morgan fingerprint density at radius 3 is 2.57 bits per heavy atom. The van der Waals surface area contributed by atoms with Gasteiger partial charge in [0.25, 0.3) is 5.56 Å². The normalized spacial score (nSPS) is 11.3. The van der Waals surface area contributed by atoms with Crippen LogP contribution in [0.2, 0.25) is 0 Å². The van der Waals surface area contributed by atoms with E-state index in [9.17, 15) is 18.8 Å². The van der Waals surface area contributed by atoms with Gasteiger partial charge in [-0.15, -0.1) is 0 Å². The first-order chi connectivity index (χ1) is 13.4. The minimum atomic E-state index is -0.566. The van der Waals surface area contributed by atoms with Gasteiger partial charge < -0.3 is 4.57 Å². The molecule has 2 heterocycles. The van der Waals surface area contributed by atoms with Gasteiger partial charge in [-0.2, -0.15) is 0 Å². The molecule has 1 aromatic carbocycles. The van der Waals surface area contributed by atoms with Crippen LogP contribution in [-0.4, -0.2) is 30.2 Å². The second-order valence-corrected chi connectivity index (χ2v) is 7.41. The molecule has 0 N–H and O–H groups in total. The first kappa shape index (κ1) is 20.1. The van der Waals surface area contributed by atoms with Gasteiger partial charge >= 0.3 is 5.69 Å². The van der Waals surface area contributed by atoms with Gasteiger partial charge in [0, 0.05) is 20.6 Å². The molecule has 0 spiro atoms. The van der Waals surface area contributed by atoms with Crippen molar-refractivity contribution < 1.29 is 9.18 Å². The highest BCUT2D eigenvalue weighted by molar-refractivity contribution is 7.99. The molecule has 0 fully saturated rings. The van der Waals surface area contributed by atoms with Crippen molar-refractivity contribution in [2.45, 2.75) is 31.5 Å². The van der Waals surface area contributed by atoms with Gasteiger partial charge in [-0.05, 0) is 18.6 Å². The summed E-state index contributed by atoms with van der Waals surface area (Å²) in [5, 5.41) is 0.464. The van der Waals surface area contributed by atoms with E-state index in [1.54, 1.807) is 17.7 Å². The second kappa shape index (κ2) is 8.14. The molecule has 0 aliphatic carbocycles. The Morgan fingerprint density at radius 1 is 1.18 bits per heavy atom. The number of hydrogen-bond donors (Lipinski definition) is 0. The lowest BCUT2D eigenvalue weighted by molar-refractivity contribution is 0.101. The average Bonchev–Trinajstić information content (AvgIpc) is 3.06. The Balaban J connectivity index is 2.03. The van der Waals surface area contributed by atoms with E-state index in [0.29, 0.717) is 17.2 Å². The topological polar surface area (TPSA) is 78.9 Å². The van der Waals surface area contributed by atoms with E-state index < -0.39 is 17.1 Å². The molecule has 0 aliphatic heterocycles. The minimum absolute atomic E-state index is 0.0227. The molecular formula is C19H21FN4O3S. The number of nitrogens with zero attached hydrogens (tertiary/aromatic N) is 4. The van der Waals surface area contributed by atoms with Crippen LogP contribution < -0.4 is 11.2 Å². The zero-order valence-corrected chi connectivity index (χ0v) is 16.8. The molecule has 0 unspecified atom stereocenters. The quantitative estimate of drug-likeness (QED) is 0.446. The van der Waals surface area contributed by atoms with Crippen molar-refractivity contribution in [3.05, 3.63) is 56.5 Å². The number of fused-ring (bicyclic) bond motifs is 1. The maximum Gasteiger partial charge on any atom is 0.332 e. The molecule has 9 heteroatoms. The fraction of sp³-hybridized carbons (Fsp3) is 0.368. The predicted octanol–water partition coefficient (Wildman–Crippen LogP) is 2.35. The number of ketones is 1. The smallest absolute Gasteiger partial charge is 0.313 e. The molecule has 28 heavy (non-hydrogen) atoms. The molecule has 0 radical (unpaired) electrons. The Kier molecular flexibility index (Phi) is 5.83. The third-order valence-electron chi connectivity index (χ3n) is 4.55. The summed E-state index contributed by atoms with van der Waals surface area (Å²) in [6.07, 6.45) is 1.72. The number of aryl methyl sites for hydroxylation is 2. The van der Waals surface area contributed by atoms with Crippen LogP contribution in [0.4, 0.5) is 4.39 Å². The van der Waals surface area contributed by atoms with Gasteiger partial charge in [0.15, 0.2) is 22.1 Å². The third kappa shape index (κ3) is 3.54. The summed E-state index contributed by atoms with van der Waals surface area (Å²) in [7, 11) is 2.98. The molecule has 0 saturated heterocycles. The van der Waals surface area contributed by atoms with E-state index in [1.807, 2.05) is 6.92 Å². The number of unbranched alkanes of at least 4 members (excludes halogenated alkanes) is 1. The van der Waals surface area contributed by atoms with Gasteiger partial charge in [0.05, 0.1) is 11.3 Å². The molecular weight excluding hydrogens is 383 g/mol. The van der Waals surface area contributed by atoms with Crippen LogP contribution in [-0.2, 0) is 20.6 Å². The maximum absolute atomic E-state index is 13.8. The second-order valence-electron chi connectivity index (χ2n) is 6.47. The Hall–Kier alpha value is -2.68. The highest BCUT2D eigenvalue weighted by Crippen LogP contribution is 2.23. The largest absolute Gasteiger partial charge is 0.332 e. The number of thioether (sulfide) groups is 1. The van der Waals surface area contributed by atoms with Crippen LogP contribution in [0.5, 0.6) is 0 Å². The Morgan fingerprint density at radius 2 is 1.89 bits per heavy atom. The lowest BCUT2D eigenvalue weighted by Crippen LogP contribution is -2.37. The number of carbonyl (C=O) groups excluding carboxylic acids is 1. The molecule has 0 saturated carbocycles. The van der Waals surface area contributed by atoms with Crippen molar-refractivity contribution in [2.24, 2.45) is 14.1 Å². The third-order valence-corrected chi connectivity index (χ3v) is 5.53. The average molecular weight is 404 g/mol. The summed E-state index contributed by atoms with van der Waals surface area (Å²) in [5.74, 6) is -0.951. The summed E-state index contributed by atoms with van der Waals surface area (Å²) in [5.41, 5.74) is -0.246. The first-order valence-electron chi connectivity index (χ1n) is 8.93. The number of halogens is 1. The Labute approximate surface area is 164 Å². The number of carbonyl (C=O) groups is 1. The number of rotatable bonds is 7. The highest BCUT2D eigenvalue weighted by atomic mass is 32.2. The number of benzene rings is 1. The van der Waals surface area contributed by atoms with Crippen LogP contribution in [0.1, 0.15) is 30.1 Å². The van der Waals surface area contributed by atoms with Crippen LogP contribution >= 0.6 is 11.8 Å². The molecule has 148 valence electrons. The van der Waals surface area contributed by atoms with Crippen molar-refractivity contribution in [3.8, 4) is 0 Å². The van der Waals surface area contributed by atoms with E-state index in [4.69, 9.17) is 0 Å². The molecule has 0 atom stereocenters. The van der Waals surface area contributed by atoms with E-state index in [2.05, 4.69) is 4.98 Å². The molecule has 0 bridgehead atoms. The number of hydrogen-bond acceptors (Lipinski definition) is 5. The SMILES string of the molecule is CCCCn1c(SCC(=O)c2ccccc2F)nc2c1c(=O)n(C)c(=O)n2C. The van der Waals surface area contributed by atoms with Crippen LogP contribution in [0, 0.1) is 5.82 Å². The van der Waals surface area contributed by atoms with Gasteiger partial charge in [0.2, 0.25) is 0 Å². The molecule has 7 nitrogen and oxygen atoms in total. The van der Waals surface area contributed by atoms with Crippen molar-refractivity contribution in [3.63, 3.8) is 0 Å². The monoisotopic (exact) mass is 404 g/mol. The molecule has 3 rings (SSSR count). The van der Waals surface area contributed by atoms with Gasteiger partial charge in [-0.25, -0.2) is 14.2 Å². The fourth-order valence-corrected chi connectivity index (χ4v) is 3.86. The van der Waals surface area contributed by atoms with Crippen LogP contribution in [0.25, 0.3) is 11.2 Å². The van der Waals surface area contributed by atoms with E-state index in [0.717, 1.165) is 29.2 Å². The summed E-state index contributed by atoms with van der Waals surface area (Å²) in [6.45, 7) is 2.57. The summed E-state index contributed by atoms with van der Waals surface area (Å²) in [6, 6.07) is 5.82. The summed E-state index contributed by atoms with van der Waals surface area (Å²) < 4.78 is 18.0.